The Kier molecular flexibility index (Phi) is 5.20. The Labute approximate surface area is 168 Å². The molecule has 1 saturated carbocycles. The minimum absolute atomic E-state index is 0.0731. The van der Waals surface area contributed by atoms with Gasteiger partial charge in [0.1, 0.15) is 12.3 Å². The van der Waals surface area contributed by atoms with Crippen LogP contribution in [-0.4, -0.2) is 33.4 Å². The summed E-state index contributed by atoms with van der Waals surface area (Å²) >= 11 is 0. The Morgan fingerprint density at radius 2 is 1.86 bits per heavy atom. The largest absolute Gasteiger partial charge is 0.497 e. The number of carbonyl (C=O) groups excluding carboxylic acids is 1. The summed E-state index contributed by atoms with van der Waals surface area (Å²) in [6, 6.07) is 16.6. The third-order valence-corrected chi connectivity index (χ3v) is 5.23. The van der Waals surface area contributed by atoms with Crippen molar-refractivity contribution in [1.82, 2.24) is 19.7 Å². The number of hydrogen-bond donors (Lipinski definition) is 1. The highest BCUT2D eigenvalue weighted by Gasteiger charge is 2.29. The molecule has 7 nitrogen and oxygen atoms in total. The van der Waals surface area contributed by atoms with E-state index < -0.39 is 0 Å². The van der Waals surface area contributed by atoms with E-state index in [1.54, 1.807) is 31.4 Å². The molecule has 7 heteroatoms. The minimum atomic E-state index is -0.358. The zero-order chi connectivity index (χ0) is 20.4. The summed E-state index contributed by atoms with van der Waals surface area (Å²) in [7, 11) is 1.59. The van der Waals surface area contributed by atoms with Crippen molar-refractivity contribution in [3.63, 3.8) is 0 Å². The smallest absolute Gasteiger partial charge is 0.351 e. The van der Waals surface area contributed by atoms with Gasteiger partial charge < -0.3 is 10.1 Å². The first-order valence-electron chi connectivity index (χ1n) is 9.76. The van der Waals surface area contributed by atoms with Gasteiger partial charge in [-0.1, -0.05) is 30.3 Å². The Morgan fingerprint density at radius 1 is 1.17 bits per heavy atom. The second-order valence-electron chi connectivity index (χ2n) is 7.36. The minimum Gasteiger partial charge on any atom is -0.497 e. The number of aromatic nitrogens is 3. The van der Waals surface area contributed by atoms with Gasteiger partial charge in [-0.05, 0) is 49.9 Å². The van der Waals surface area contributed by atoms with Crippen LogP contribution in [0, 0.1) is 5.92 Å². The van der Waals surface area contributed by atoms with Crippen LogP contribution in [-0.2, 0) is 11.3 Å². The standard InChI is InChI=1S/C22H24N4O3/c1-15(16-8-9-16)23-20(27)14-25-21(17-6-4-3-5-7-17)24-26(22(25)28)18-10-12-19(29-2)13-11-18/h3-7,10-13,15-16H,8-9,14H2,1-2H3,(H,23,27)/t15-/m1/s1. The maximum Gasteiger partial charge on any atom is 0.351 e. The van der Waals surface area contributed by atoms with E-state index >= 15 is 0 Å². The predicted molar refractivity (Wildman–Crippen MR) is 110 cm³/mol. The summed E-state index contributed by atoms with van der Waals surface area (Å²) in [6.07, 6.45) is 2.29. The number of hydrogen-bond acceptors (Lipinski definition) is 4. The van der Waals surface area contributed by atoms with E-state index in [4.69, 9.17) is 4.74 Å². The lowest BCUT2D eigenvalue weighted by Crippen LogP contribution is -2.38. The van der Waals surface area contributed by atoms with Crippen molar-refractivity contribution in [1.29, 1.82) is 0 Å². The molecule has 1 fully saturated rings. The zero-order valence-electron chi connectivity index (χ0n) is 16.5. The van der Waals surface area contributed by atoms with Crippen LogP contribution in [0.15, 0.2) is 59.4 Å². The van der Waals surface area contributed by atoms with Crippen LogP contribution in [0.25, 0.3) is 17.1 Å². The van der Waals surface area contributed by atoms with Crippen LogP contribution < -0.4 is 15.7 Å². The molecule has 0 spiro atoms. The molecule has 0 aliphatic heterocycles. The Morgan fingerprint density at radius 3 is 2.48 bits per heavy atom. The van der Waals surface area contributed by atoms with Gasteiger partial charge >= 0.3 is 5.69 Å². The van der Waals surface area contributed by atoms with Gasteiger partial charge in [-0.2, -0.15) is 4.68 Å². The van der Waals surface area contributed by atoms with E-state index in [1.807, 2.05) is 37.3 Å². The molecule has 1 amide bonds. The van der Waals surface area contributed by atoms with Gasteiger partial charge in [0.05, 0.1) is 12.8 Å². The summed E-state index contributed by atoms with van der Waals surface area (Å²) in [5.74, 6) is 1.52. The zero-order valence-corrected chi connectivity index (χ0v) is 16.5. The molecule has 1 aliphatic rings. The van der Waals surface area contributed by atoms with E-state index in [2.05, 4.69) is 10.4 Å². The third kappa shape index (κ3) is 4.08. The molecule has 0 unspecified atom stereocenters. The van der Waals surface area contributed by atoms with Gasteiger partial charge in [0.15, 0.2) is 5.82 Å². The van der Waals surface area contributed by atoms with Gasteiger partial charge in [-0.3, -0.25) is 9.36 Å². The lowest BCUT2D eigenvalue weighted by Gasteiger charge is -2.13. The van der Waals surface area contributed by atoms with Crippen LogP contribution >= 0.6 is 0 Å². The van der Waals surface area contributed by atoms with Crippen molar-refractivity contribution in [3.05, 3.63) is 65.1 Å². The predicted octanol–water partition coefficient (Wildman–Crippen LogP) is 2.62. The first-order valence-corrected chi connectivity index (χ1v) is 9.76. The highest BCUT2D eigenvalue weighted by atomic mass is 16.5. The summed E-state index contributed by atoms with van der Waals surface area (Å²) < 4.78 is 7.93. The number of methoxy groups -OCH3 is 1. The monoisotopic (exact) mass is 392 g/mol. The van der Waals surface area contributed by atoms with Crippen molar-refractivity contribution in [3.8, 4) is 22.8 Å². The van der Waals surface area contributed by atoms with Crippen LogP contribution in [0.3, 0.4) is 0 Å². The average molecular weight is 392 g/mol. The molecular formula is C22H24N4O3. The maximum atomic E-state index is 13.1. The molecule has 1 atom stereocenters. The lowest BCUT2D eigenvalue weighted by molar-refractivity contribution is -0.122. The fourth-order valence-electron chi connectivity index (χ4n) is 3.39. The normalized spacial score (nSPS) is 14.4. The quantitative estimate of drug-likeness (QED) is 0.670. The summed E-state index contributed by atoms with van der Waals surface area (Å²) in [4.78, 5) is 25.7. The number of rotatable bonds is 7. The molecule has 4 rings (SSSR count). The summed E-state index contributed by atoms with van der Waals surface area (Å²) in [5, 5.41) is 7.54. The van der Waals surface area contributed by atoms with E-state index in [0.717, 1.165) is 18.4 Å². The van der Waals surface area contributed by atoms with E-state index in [1.165, 1.54) is 9.25 Å². The Bertz CT molecular complexity index is 1050. The number of nitrogens with zero attached hydrogens (tertiary/aromatic N) is 3. The van der Waals surface area contributed by atoms with Crippen LogP contribution in [0.2, 0.25) is 0 Å². The fraction of sp³-hybridized carbons (Fsp3) is 0.318. The van der Waals surface area contributed by atoms with E-state index in [0.29, 0.717) is 23.2 Å². The molecule has 29 heavy (non-hydrogen) atoms. The van der Waals surface area contributed by atoms with Crippen LogP contribution in [0.1, 0.15) is 19.8 Å². The molecular weight excluding hydrogens is 368 g/mol. The highest BCUT2D eigenvalue weighted by Crippen LogP contribution is 2.32. The van der Waals surface area contributed by atoms with Crippen molar-refractivity contribution in [2.45, 2.75) is 32.4 Å². The molecule has 0 bridgehead atoms. The first kappa shape index (κ1) is 19.0. The van der Waals surface area contributed by atoms with Gasteiger partial charge in [0.2, 0.25) is 5.91 Å². The molecule has 0 radical (unpaired) electrons. The van der Waals surface area contributed by atoms with Gasteiger partial charge in [-0.25, -0.2) is 4.79 Å². The average Bonchev–Trinajstić information content (AvgIpc) is 3.55. The fourth-order valence-corrected chi connectivity index (χ4v) is 3.39. The van der Waals surface area contributed by atoms with E-state index in [9.17, 15) is 9.59 Å². The molecule has 150 valence electrons. The SMILES string of the molecule is COc1ccc(-n2nc(-c3ccccc3)n(CC(=O)N[C@H](C)C3CC3)c2=O)cc1. The number of amides is 1. The topological polar surface area (TPSA) is 78.2 Å². The van der Waals surface area contributed by atoms with Gasteiger partial charge in [0.25, 0.3) is 0 Å². The number of benzene rings is 2. The number of carbonyl (C=O) groups is 1. The molecule has 1 aliphatic carbocycles. The Hall–Kier alpha value is -3.35. The van der Waals surface area contributed by atoms with Crippen molar-refractivity contribution < 1.29 is 9.53 Å². The molecule has 3 aromatic rings. The van der Waals surface area contributed by atoms with Crippen molar-refractivity contribution in [2.24, 2.45) is 5.92 Å². The molecule has 1 N–H and O–H groups in total. The highest BCUT2D eigenvalue weighted by molar-refractivity contribution is 5.76. The third-order valence-electron chi connectivity index (χ3n) is 5.23. The molecule has 1 heterocycles. The van der Waals surface area contributed by atoms with Crippen molar-refractivity contribution >= 4 is 5.91 Å². The second-order valence-corrected chi connectivity index (χ2v) is 7.36. The molecule has 1 aromatic heterocycles. The van der Waals surface area contributed by atoms with Crippen molar-refractivity contribution in [2.75, 3.05) is 7.11 Å². The van der Waals surface area contributed by atoms with Crippen LogP contribution in [0.4, 0.5) is 0 Å². The number of nitrogens with one attached hydrogen (secondary N) is 1. The molecule has 0 saturated heterocycles. The summed E-state index contributed by atoms with van der Waals surface area (Å²) in [5.41, 5.74) is 1.03. The maximum absolute atomic E-state index is 13.1. The van der Waals surface area contributed by atoms with Gasteiger partial charge in [0, 0.05) is 11.6 Å². The van der Waals surface area contributed by atoms with E-state index in [-0.39, 0.29) is 24.2 Å². The first-order chi connectivity index (χ1) is 14.1. The Balaban J connectivity index is 1.70. The van der Waals surface area contributed by atoms with Gasteiger partial charge in [-0.15, -0.1) is 5.10 Å². The molecule has 2 aromatic carbocycles. The lowest BCUT2D eigenvalue weighted by atomic mass is 10.2. The summed E-state index contributed by atoms with van der Waals surface area (Å²) in [6.45, 7) is 1.94. The number of ether oxygens (including phenoxy) is 1. The second kappa shape index (κ2) is 7.95. The van der Waals surface area contributed by atoms with Crippen LogP contribution in [0.5, 0.6) is 5.75 Å².